The number of carboxylic acid groups (broad SMARTS) is 1. The number of benzene rings is 2. The van der Waals surface area contributed by atoms with Crippen molar-refractivity contribution in [1.29, 1.82) is 0 Å². The summed E-state index contributed by atoms with van der Waals surface area (Å²) in [4.78, 5) is 25.1. The van der Waals surface area contributed by atoms with Crippen molar-refractivity contribution < 1.29 is 46.1 Å². The van der Waals surface area contributed by atoms with E-state index in [1.54, 1.807) is 28.8 Å². The molecule has 1 aliphatic carbocycles. The fourth-order valence-electron chi connectivity index (χ4n) is 6.10. The lowest BCUT2D eigenvalue weighted by molar-refractivity contribution is -0.137. The third kappa shape index (κ3) is 6.22. The molecule has 7 rings (SSSR count). The highest BCUT2D eigenvalue weighted by Gasteiger charge is 2.44. The van der Waals surface area contributed by atoms with Gasteiger partial charge in [0.1, 0.15) is 35.3 Å². The topological polar surface area (TPSA) is 109 Å². The fraction of sp³-hybridized carbons (Fsp3) is 0.314. The Kier molecular flexibility index (Phi) is 8.11. The first-order valence-electron chi connectivity index (χ1n) is 15.5. The van der Waals surface area contributed by atoms with Gasteiger partial charge in [-0.05, 0) is 49.2 Å². The molecule has 5 aromatic rings. The monoisotopic (exact) mass is 680 g/mol. The highest BCUT2D eigenvalue weighted by atomic mass is 19.4. The Balaban J connectivity index is 1.19. The van der Waals surface area contributed by atoms with Crippen LogP contribution in [0.15, 0.2) is 54.6 Å². The number of pyridine rings is 2. The zero-order chi connectivity index (χ0) is 34.5. The molecular formula is C35H29F5N4O5. The van der Waals surface area contributed by atoms with Gasteiger partial charge in [-0.25, -0.2) is 24.1 Å². The van der Waals surface area contributed by atoms with Crippen LogP contribution in [-0.4, -0.2) is 51.0 Å². The molecule has 0 unspecified atom stereocenters. The van der Waals surface area contributed by atoms with Crippen molar-refractivity contribution in [3.63, 3.8) is 0 Å². The molecule has 0 spiro atoms. The van der Waals surface area contributed by atoms with Crippen LogP contribution in [0.5, 0.6) is 17.4 Å². The van der Waals surface area contributed by atoms with Gasteiger partial charge in [-0.3, -0.25) is 4.39 Å². The summed E-state index contributed by atoms with van der Waals surface area (Å²) in [7, 11) is 1.27. The molecule has 14 heteroatoms. The molecule has 1 saturated carbocycles. The number of imidazole rings is 1. The van der Waals surface area contributed by atoms with Crippen LogP contribution < -0.4 is 14.2 Å². The summed E-state index contributed by atoms with van der Waals surface area (Å²) in [6.45, 7) is -0.148. The highest BCUT2D eigenvalue weighted by molar-refractivity contribution is 5.88. The third-order valence-electron chi connectivity index (χ3n) is 8.99. The SMILES string of the molecule is COc1cc(C(F)(F)F)ccc1COc1cccc(-c2cc(F)c(Cc3nc4ccc(C(=O)O)nc4n3CC3(CF)CC3)c3c2OCC3)n1. The van der Waals surface area contributed by atoms with Crippen LogP contribution in [-0.2, 0) is 32.2 Å². The van der Waals surface area contributed by atoms with Crippen molar-refractivity contribution in [1.82, 2.24) is 19.5 Å². The molecule has 0 amide bonds. The average Bonchev–Trinajstić information content (AvgIpc) is 3.55. The predicted molar refractivity (Wildman–Crippen MR) is 166 cm³/mol. The Bertz CT molecular complexity index is 2090. The van der Waals surface area contributed by atoms with Crippen LogP contribution in [0.1, 0.15) is 51.4 Å². The van der Waals surface area contributed by atoms with Gasteiger partial charge in [0.25, 0.3) is 0 Å². The summed E-state index contributed by atoms with van der Waals surface area (Å²) in [5.41, 5.74) is 1.21. The van der Waals surface area contributed by atoms with Crippen LogP contribution >= 0.6 is 0 Å². The summed E-state index contributed by atoms with van der Waals surface area (Å²) in [6.07, 6.45) is -2.75. The van der Waals surface area contributed by atoms with Crippen molar-refractivity contribution in [3.8, 4) is 28.6 Å². The van der Waals surface area contributed by atoms with E-state index in [-0.39, 0.29) is 36.9 Å². The zero-order valence-electron chi connectivity index (χ0n) is 26.1. The lowest BCUT2D eigenvalue weighted by atomic mass is 9.96. The van der Waals surface area contributed by atoms with Crippen LogP contribution in [0.3, 0.4) is 0 Å². The van der Waals surface area contributed by atoms with Crippen LogP contribution in [0, 0.1) is 11.2 Å². The second-order valence-corrected chi connectivity index (χ2v) is 12.2. The molecule has 3 aromatic heterocycles. The number of carboxylic acids is 1. The minimum absolute atomic E-state index is 0.0125. The van der Waals surface area contributed by atoms with Crippen molar-refractivity contribution in [2.75, 3.05) is 20.4 Å². The first kappa shape index (κ1) is 32.3. The lowest BCUT2D eigenvalue weighted by Gasteiger charge is -2.17. The lowest BCUT2D eigenvalue weighted by Crippen LogP contribution is -2.17. The van der Waals surface area contributed by atoms with Crippen LogP contribution in [0.25, 0.3) is 22.4 Å². The summed E-state index contributed by atoms with van der Waals surface area (Å²) in [5.74, 6) is -0.703. The molecule has 4 heterocycles. The molecule has 0 saturated heterocycles. The van der Waals surface area contributed by atoms with Crippen LogP contribution in [0.2, 0.25) is 0 Å². The van der Waals surface area contributed by atoms with Crippen LogP contribution in [0.4, 0.5) is 22.0 Å². The number of alkyl halides is 4. The number of nitrogens with zero attached hydrogens (tertiary/aromatic N) is 4. The molecule has 1 aliphatic heterocycles. The van der Waals surface area contributed by atoms with Gasteiger partial charge in [-0.2, -0.15) is 13.2 Å². The number of methoxy groups -OCH3 is 1. The van der Waals surface area contributed by atoms with Gasteiger partial charge >= 0.3 is 12.1 Å². The Labute approximate surface area is 276 Å². The number of rotatable bonds is 11. The molecule has 1 fully saturated rings. The normalized spacial score (nSPS) is 14.8. The van der Waals surface area contributed by atoms with E-state index in [4.69, 9.17) is 14.2 Å². The van der Waals surface area contributed by atoms with E-state index in [9.17, 15) is 27.5 Å². The summed E-state index contributed by atoms with van der Waals surface area (Å²) < 4.78 is 88.2. The van der Waals surface area contributed by atoms with Gasteiger partial charge in [-0.15, -0.1) is 0 Å². The summed E-state index contributed by atoms with van der Waals surface area (Å²) in [5, 5.41) is 9.52. The predicted octanol–water partition coefficient (Wildman–Crippen LogP) is 7.21. The Morgan fingerprint density at radius 1 is 1.08 bits per heavy atom. The average molecular weight is 681 g/mol. The number of aromatic carboxylic acids is 1. The van der Waals surface area contributed by atoms with E-state index in [2.05, 4.69) is 15.0 Å². The molecule has 0 atom stereocenters. The van der Waals surface area contributed by atoms with Crippen molar-refractivity contribution in [2.45, 2.75) is 45.0 Å². The number of hydrogen-bond donors (Lipinski definition) is 1. The number of hydrogen-bond acceptors (Lipinski definition) is 7. The quantitative estimate of drug-likeness (QED) is 0.146. The second kappa shape index (κ2) is 12.3. The van der Waals surface area contributed by atoms with Gasteiger partial charge in [0.05, 0.1) is 31.6 Å². The van der Waals surface area contributed by atoms with E-state index in [1.165, 1.54) is 25.3 Å². The first-order valence-corrected chi connectivity index (χ1v) is 15.5. The molecular weight excluding hydrogens is 651 g/mol. The van der Waals surface area contributed by atoms with Crippen molar-refractivity contribution in [3.05, 3.63) is 94.2 Å². The highest BCUT2D eigenvalue weighted by Crippen LogP contribution is 2.48. The Morgan fingerprint density at radius 3 is 2.61 bits per heavy atom. The molecule has 254 valence electrons. The maximum absolute atomic E-state index is 16.1. The molecule has 2 aromatic carbocycles. The third-order valence-corrected chi connectivity index (χ3v) is 8.99. The van der Waals surface area contributed by atoms with Gasteiger partial charge in [0, 0.05) is 53.1 Å². The molecule has 0 radical (unpaired) electrons. The Morgan fingerprint density at radius 2 is 1.90 bits per heavy atom. The molecule has 0 bridgehead atoms. The zero-order valence-corrected chi connectivity index (χ0v) is 26.1. The standard InChI is InChI=1S/C35H29F5N4O5/c1-47-28-13-20(35(38,39)40)6-5-19(28)16-49-30-4-2-3-25(42-30)23-14-24(37)22(21-9-12-48-31(21)23)15-29-41-26-7-8-27(33(45)46)43-32(26)44(29)18-34(17-36)10-11-34/h2-8,13-14H,9-12,15-18H2,1H3,(H,45,46). The number of ether oxygens (including phenoxy) is 3. The molecule has 2 aliphatic rings. The maximum atomic E-state index is 16.1. The van der Waals surface area contributed by atoms with E-state index in [0.29, 0.717) is 76.6 Å². The van der Waals surface area contributed by atoms with E-state index in [1.807, 2.05) is 0 Å². The second-order valence-electron chi connectivity index (χ2n) is 12.2. The molecule has 9 nitrogen and oxygen atoms in total. The van der Waals surface area contributed by atoms with Crippen molar-refractivity contribution >= 4 is 17.1 Å². The number of aromatic nitrogens is 4. The summed E-state index contributed by atoms with van der Waals surface area (Å²) in [6, 6.07) is 12.2. The minimum atomic E-state index is -4.53. The largest absolute Gasteiger partial charge is 0.496 e. The maximum Gasteiger partial charge on any atom is 0.416 e. The van der Waals surface area contributed by atoms with Gasteiger partial charge in [0.2, 0.25) is 5.88 Å². The number of halogens is 5. The van der Waals surface area contributed by atoms with Crippen molar-refractivity contribution in [2.24, 2.45) is 5.41 Å². The first-order chi connectivity index (χ1) is 23.5. The summed E-state index contributed by atoms with van der Waals surface area (Å²) >= 11 is 0. The minimum Gasteiger partial charge on any atom is -0.496 e. The van der Waals surface area contributed by atoms with E-state index >= 15 is 4.39 Å². The van der Waals surface area contributed by atoms with Gasteiger partial charge in [-0.1, -0.05) is 12.1 Å². The van der Waals surface area contributed by atoms with E-state index in [0.717, 1.165) is 12.1 Å². The Hall–Kier alpha value is -5.27. The van der Waals surface area contributed by atoms with Gasteiger partial charge < -0.3 is 23.9 Å². The molecule has 1 N–H and O–H groups in total. The smallest absolute Gasteiger partial charge is 0.416 e. The number of fused-ring (bicyclic) bond motifs is 2. The fourth-order valence-corrected chi connectivity index (χ4v) is 6.10. The van der Waals surface area contributed by atoms with Gasteiger partial charge in [0.15, 0.2) is 11.3 Å². The van der Waals surface area contributed by atoms with E-state index < -0.39 is 35.6 Å². The molecule has 49 heavy (non-hydrogen) atoms. The number of carbonyl (C=O) groups is 1.